The standard InChI is InChI=1S/C25H32FN7O3/c1-15-20(23(34)27-5)31-22-21(30-19(14-33(15)22)17-6-9-28-13-18(17)26)29-12-16-7-10-32(11-8-16)24(35)36-25(2,3)4/h6,9,13-14,16H,7-8,10-12H2,1-5H3,(H,27,34)(H,29,30). The molecule has 192 valence electrons. The summed E-state index contributed by atoms with van der Waals surface area (Å²) >= 11 is 0. The van der Waals surface area contributed by atoms with Crippen LogP contribution in [-0.2, 0) is 4.74 Å². The average molecular weight is 498 g/mol. The van der Waals surface area contributed by atoms with Crippen molar-refractivity contribution in [2.75, 3.05) is 32.0 Å². The largest absolute Gasteiger partial charge is 0.444 e. The molecular weight excluding hydrogens is 465 g/mol. The first-order valence-corrected chi connectivity index (χ1v) is 12.0. The molecule has 2 amide bonds. The number of nitrogens with zero attached hydrogens (tertiary/aromatic N) is 5. The van der Waals surface area contributed by atoms with Crippen LogP contribution >= 0.6 is 0 Å². The molecule has 1 aliphatic rings. The molecule has 0 saturated carbocycles. The predicted octanol–water partition coefficient (Wildman–Crippen LogP) is 3.66. The molecule has 0 radical (unpaired) electrons. The number of hydrogen-bond donors (Lipinski definition) is 2. The Bertz CT molecular complexity index is 1280. The Kier molecular flexibility index (Phi) is 7.09. The van der Waals surface area contributed by atoms with Gasteiger partial charge in [0.15, 0.2) is 17.3 Å². The Hall–Kier alpha value is -3.76. The first-order valence-electron chi connectivity index (χ1n) is 12.0. The van der Waals surface area contributed by atoms with Gasteiger partial charge in [-0.2, -0.15) is 0 Å². The van der Waals surface area contributed by atoms with Crippen LogP contribution < -0.4 is 10.6 Å². The van der Waals surface area contributed by atoms with Gasteiger partial charge in [0, 0.05) is 44.6 Å². The van der Waals surface area contributed by atoms with Crippen LogP contribution in [0.25, 0.3) is 16.9 Å². The maximum atomic E-state index is 14.5. The summed E-state index contributed by atoms with van der Waals surface area (Å²) in [6.07, 6.45) is 5.64. The van der Waals surface area contributed by atoms with Gasteiger partial charge in [0.25, 0.3) is 5.91 Å². The molecule has 1 fully saturated rings. The molecule has 2 N–H and O–H groups in total. The van der Waals surface area contributed by atoms with Gasteiger partial charge >= 0.3 is 6.09 Å². The van der Waals surface area contributed by atoms with Crippen molar-refractivity contribution in [3.05, 3.63) is 41.9 Å². The predicted molar refractivity (Wildman–Crippen MR) is 133 cm³/mol. The summed E-state index contributed by atoms with van der Waals surface area (Å²) < 4.78 is 21.8. The number of pyridine rings is 1. The van der Waals surface area contributed by atoms with E-state index >= 15 is 0 Å². The zero-order chi connectivity index (χ0) is 26.0. The first kappa shape index (κ1) is 25.3. The van der Waals surface area contributed by atoms with Gasteiger partial charge in [0.2, 0.25) is 0 Å². The number of likely N-dealkylation sites (tertiary alicyclic amines) is 1. The summed E-state index contributed by atoms with van der Waals surface area (Å²) in [6, 6.07) is 1.56. The molecule has 1 saturated heterocycles. The molecule has 4 heterocycles. The second-order valence-electron chi connectivity index (χ2n) is 9.94. The number of carbonyl (C=O) groups is 2. The number of piperidine rings is 1. The Morgan fingerprint density at radius 3 is 2.58 bits per heavy atom. The minimum Gasteiger partial charge on any atom is -0.444 e. The molecule has 0 unspecified atom stereocenters. The molecule has 10 nitrogen and oxygen atoms in total. The van der Waals surface area contributed by atoms with Crippen LogP contribution in [0.3, 0.4) is 0 Å². The molecule has 0 bridgehead atoms. The van der Waals surface area contributed by atoms with Crippen molar-refractivity contribution in [2.24, 2.45) is 5.92 Å². The third-order valence-corrected chi connectivity index (χ3v) is 6.16. The van der Waals surface area contributed by atoms with E-state index in [1.54, 1.807) is 35.5 Å². The molecule has 0 aromatic carbocycles. The SMILES string of the molecule is CNC(=O)c1nc2c(NCC3CCN(C(=O)OC(C)(C)C)CC3)nc(-c3ccncc3F)cn2c1C. The van der Waals surface area contributed by atoms with Gasteiger partial charge in [0.1, 0.15) is 11.3 Å². The van der Waals surface area contributed by atoms with Crippen molar-refractivity contribution in [2.45, 2.75) is 46.1 Å². The highest BCUT2D eigenvalue weighted by Gasteiger charge is 2.27. The number of carbonyl (C=O) groups excluding carboxylic acids is 2. The molecule has 11 heteroatoms. The third kappa shape index (κ3) is 5.39. The smallest absolute Gasteiger partial charge is 0.410 e. The van der Waals surface area contributed by atoms with Gasteiger partial charge < -0.3 is 20.3 Å². The summed E-state index contributed by atoms with van der Waals surface area (Å²) in [5.74, 6) is -0.0553. The number of rotatable bonds is 5. The Morgan fingerprint density at radius 1 is 1.22 bits per heavy atom. The van der Waals surface area contributed by atoms with Gasteiger partial charge in [-0.3, -0.25) is 14.2 Å². The monoisotopic (exact) mass is 497 g/mol. The molecule has 3 aromatic heterocycles. The topological polar surface area (TPSA) is 114 Å². The van der Waals surface area contributed by atoms with Crippen LogP contribution in [0.15, 0.2) is 24.7 Å². The molecule has 0 aliphatic carbocycles. The van der Waals surface area contributed by atoms with Crippen molar-refractivity contribution < 1.29 is 18.7 Å². The number of aromatic nitrogens is 4. The van der Waals surface area contributed by atoms with Crippen LogP contribution in [0.1, 0.15) is 49.8 Å². The van der Waals surface area contributed by atoms with E-state index in [-0.39, 0.29) is 17.7 Å². The van der Waals surface area contributed by atoms with Crippen molar-refractivity contribution in [1.82, 2.24) is 29.6 Å². The molecule has 36 heavy (non-hydrogen) atoms. The minimum absolute atomic E-state index is 0.278. The van der Waals surface area contributed by atoms with Crippen molar-refractivity contribution >= 4 is 23.5 Å². The van der Waals surface area contributed by atoms with Crippen LogP contribution in [-0.4, -0.2) is 68.5 Å². The van der Waals surface area contributed by atoms with Crippen molar-refractivity contribution in [3.8, 4) is 11.3 Å². The fraction of sp³-hybridized carbons (Fsp3) is 0.480. The second-order valence-corrected chi connectivity index (χ2v) is 9.94. The first-order chi connectivity index (χ1) is 17.1. The Labute approximate surface area is 209 Å². The van der Waals surface area contributed by atoms with E-state index in [1.165, 1.54) is 6.20 Å². The van der Waals surface area contributed by atoms with E-state index in [0.717, 1.165) is 19.0 Å². The van der Waals surface area contributed by atoms with Gasteiger partial charge in [-0.15, -0.1) is 0 Å². The van der Waals surface area contributed by atoms with E-state index < -0.39 is 11.4 Å². The number of imidazole rings is 1. The molecular formula is C25H32FN7O3. The highest BCUT2D eigenvalue weighted by atomic mass is 19.1. The number of ether oxygens (including phenoxy) is 1. The van der Waals surface area contributed by atoms with Gasteiger partial charge in [0.05, 0.1) is 17.6 Å². The van der Waals surface area contributed by atoms with Crippen LogP contribution in [0.5, 0.6) is 0 Å². The summed E-state index contributed by atoms with van der Waals surface area (Å²) in [6.45, 7) is 9.16. The molecule has 4 rings (SSSR count). The number of fused-ring (bicyclic) bond motifs is 1. The van der Waals surface area contributed by atoms with E-state index in [9.17, 15) is 14.0 Å². The van der Waals surface area contributed by atoms with Crippen molar-refractivity contribution in [3.63, 3.8) is 0 Å². The van der Waals surface area contributed by atoms with Crippen LogP contribution in [0.4, 0.5) is 15.0 Å². The number of hydrogen-bond acceptors (Lipinski definition) is 7. The number of nitrogens with one attached hydrogen (secondary N) is 2. The van der Waals surface area contributed by atoms with Gasteiger partial charge in [-0.05, 0) is 52.5 Å². The Morgan fingerprint density at radius 2 is 1.94 bits per heavy atom. The normalized spacial score (nSPS) is 14.7. The van der Waals surface area contributed by atoms with Gasteiger partial charge in [-0.1, -0.05) is 0 Å². The van der Waals surface area contributed by atoms with E-state index in [1.807, 2.05) is 20.8 Å². The zero-order valence-electron chi connectivity index (χ0n) is 21.3. The zero-order valence-corrected chi connectivity index (χ0v) is 21.3. The number of halogens is 1. The molecule has 1 aliphatic heterocycles. The maximum absolute atomic E-state index is 14.5. The second kappa shape index (κ2) is 10.1. The molecule has 0 spiro atoms. The number of anilines is 1. The number of aryl methyl sites for hydroxylation is 1. The fourth-order valence-corrected chi connectivity index (χ4v) is 4.21. The number of amides is 2. The van der Waals surface area contributed by atoms with Crippen LogP contribution in [0, 0.1) is 18.7 Å². The molecule has 0 atom stereocenters. The lowest BCUT2D eigenvalue weighted by Gasteiger charge is -2.33. The summed E-state index contributed by atoms with van der Waals surface area (Å²) in [7, 11) is 1.55. The summed E-state index contributed by atoms with van der Waals surface area (Å²) in [5.41, 5.74) is 1.55. The van der Waals surface area contributed by atoms with E-state index in [2.05, 4.69) is 25.6 Å². The lowest BCUT2D eigenvalue weighted by atomic mass is 9.97. The average Bonchev–Trinajstić information content (AvgIpc) is 3.18. The highest BCUT2D eigenvalue weighted by Crippen LogP contribution is 2.27. The minimum atomic E-state index is -0.526. The fourth-order valence-electron chi connectivity index (χ4n) is 4.21. The van der Waals surface area contributed by atoms with Crippen molar-refractivity contribution in [1.29, 1.82) is 0 Å². The lowest BCUT2D eigenvalue weighted by Crippen LogP contribution is -2.42. The lowest BCUT2D eigenvalue weighted by molar-refractivity contribution is 0.0188. The summed E-state index contributed by atoms with van der Waals surface area (Å²) in [5, 5.41) is 5.97. The van der Waals surface area contributed by atoms with E-state index in [4.69, 9.17) is 4.74 Å². The summed E-state index contributed by atoms with van der Waals surface area (Å²) in [4.78, 5) is 39.5. The van der Waals surface area contributed by atoms with E-state index in [0.29, 0.717) is 54.0 Å². The highest BCUT2D eigenvalue weighted by molar-refractivity contribution is 5.94. The quantitative estimate of drug-likeness (QED) is 0.553. The maximum Gasteiger partial charge on any atom is 0.410 e. The van der Waals surface area contributed by atoms with Crippen LogP contribution in [0.2, 0.25) is 0 Å². The Balaban J connectivity index is 1.56. The van der Waals surface area contributed by atoms with Gasteiger partial charge in [-0.25, -0.2) is 19.2 Å². The molecule has 3 aromatic rings. The third-order valence-electron chi connectivity index (χ3n) is 6.16.